The van der Waals surface area contributed by atoms with Gasteiger partial charge in [-0.25, -0.2) is 0 Å². The Labute approximate surface area is 218 Å². The van der Waals surface area contributed by atoms with E-state index in [2.05, 4.69) is 90.5 Å². The first-order valence-electron chi connectivity index (χ1n) is 12.3. The smallest absolute Gasteiger partial charge is 0.252 e. The number of halogens is 1. The molecule has 0 spiro atoms. The molecule has 2 heterocycles. The van der Waals surface area contributed by atoms with E-state index >= 15 is 0 Å². The largest absolute Gasteiger partial charge is 0.369 e. The molecular weight excluding hydrogens is 474 g/mol. The summed E-state index contributed by atoms with van der Waals surface area (Å²) < 4.78 is 2.49. The Morgan fingerprint density at radius 1 is 0.943 bits per heavy atom. The van der Waals surface area contributed by atoms with Gasteiger partial charge in [-0.15, -0.1) is 23.7 Å². The molecule has 0 bridgehead atoms. The molecule has 4 aromatic rings. The van der Waals surface area contributed by atoms with Crippen LogP contribution in [0, 0.1) is 13.8 Å². The fourth-order valence-electron chi connectivity index (χ4n) is 5.07. The van der Waals surface area contributed by atoms with Crippen LogP contribution in [0.1, 0.15) is 41.3 Å². The third kappa shape index (κ3) is 5.18. The topological polar surface area (TPSA) is 35.6 Å². The van der Waals surface area contributed by atoms with Gasteiger partial charge in [0.05, 0.1) is 6.17 Å². The van der Waals surface area contributed by atoms with E-state index in [1.165, 1.54) is 37.0 Å². The number of hydrogen-bond acceptors (Lipinski definition) is 4. The van der Waals surface area contributed by atoms with Crippen molar-refractivity contribution in [2.24, 2.45) is 0 Å². The van der Waals surface area contributed by atoms with Crippen LogP contribution in [0.25, 0.3) is 20.2 Å². The first-order valence-corrected chi connectivity index (χ1v) is 13.1. The average molecular weight is 508 g/mol. The molecule has 1 N–H and O–H groups in total. The van der Waals surface area contributed by atoms with E-state index in [0.717, 1.165) is 44.6 Å². The molecule has 1 aliphatic rings. The first kappa shape index (κ1) is 25.5. The van der Waals surface area contributed by atoms with Crippen LogP contribution in [0.2, 0.25) is 0 Å². The zero-order valence-electron chi connectivity index (χ0n) is 20.7. The molecule has 1 aliphatic heterocycles. The number of thiophene rings is 1. The Bertz CT molecular complexity index is 1330. The average Bonchev–Trinajstić information content (AvgIpc) is 3.23. The third-order valence-electron chi connectivity index (χ3n) is 7.17. The number of fused-ring (bicyclic) bond motifs is 3. The normalized spacial score (nSPS) is 15.2. The van der Waals surface area contributed by atoms with Crippen molar-refractivity contribution < 1.29 is 4.79 Å². The molecule has 0 radical (unpaired) electrons. The van der Waals surface area contributed by atoms with Gasteiger partial charge in [0.25, 0.3) is 5.91 Å². The molecule has 1 fully saturated rings. The number of anilines is 1. The van der Waals surface area contributed by atoms with Crippen LogP contribution in [0.4, 0.5) is 5.69 Å². The zero-order valence-corrected chi connectivity index (χ0v) is 22.3. The SMILES string of the molecule is CCCC(NC(=O)c1ccc2sc3ccccc3c2c1)N1CCN(c2cccc(C)c2C)CC1.Cl. The molecule has 0 saturated carbocycles. The van der Waals surface area contributed by atoms with E-state index in [1.807, 2.05) is 6.07 Å². The molecule has 0 aliphatic carbocycles. The van der Waals surface area contributed by atoms with Crippen molar-refractivity contribution in [1.29, 1.82) is 0 Å². The minimum atomic E-state index is 0. The van der Waals surface area contributed by atoms with Crippen molar-refractivity contribution in [2.45, 2.75) is 39.8 Å². The molecule has 1 amide bonds. The second-order valence-corrected chi connectivity index (χ2v) is 10.4. The van der Waals surface area contributed by atoms with E-state index < -0.39 is 0 Å². The van der Waals surface area contributed by atoms with Crippen LogP contribution in [-0.4, -0.2) is 43.2 Å². The Morgan fingerprint density at radius 3 is 2.46 bits per heavy atom. The highest BCUT2D eigenvalue weighted by molar-refractivity contribution is 7.25. The van der Waals surface area contributed by atoms with Crippen LogP contribution in [0.5, 0.6) is 0 Å². The number of hydrogen-bond donors (Lipinski definition) is 1. The first-order chi connectivity index (χ1) is 16.5. The number of nitrogens with one attached hydrogen (secondary N) is 1. The summed E-state index contributed by atoms with van der Waals surface area (Å²) in [7, 11) is 0. The summed E-state index contributed by atoms with van der Waals surface area (Å²) >= 11 is 1.78. The van der Waals surface area contributed by atoms with Crippen LogP contribution in [0.15, 0.2) is 60.7 Å². The highest BCUT2D eigenvalue weighted by atomic mass is 35.5. The van der Waals surface area contributed by atoms with Crippen molar-refractivity contribution in [3.8, 4) is 0 Å². The molecule has 1 aromatic heterocycles. The van der Waals surface area contributed by atoms with Crippen molar-refractivity contribution in [3.05, 3.63) is 77.4 Å². The van der Waals surface area contributed by atoms with Gasteiger partial charge in [0.15, 0.2) is 0 Å². The van der Waals surface area contributed by atoms with E-state index in [9.17, 15) is 4.79 Å². The van der Waals surface area contributed by atoms with Gasteiger partial charge < -0.3 is 10.2 Å². The minimum Gasteiger partial charge on any atom is -0.369 e. The predicted octanol–water partition coefficient (Wildman–Crippen LogP) is 6.77. The lowest BCUT2D eigenvalue weighted by Gasteiger charge is -2.41. The maximum absolute atomic E-state index is 13.3. The fourth-order valence-corrected chi connectivity index (χ4v) is 6.16. The summed E-state index contributed by atoms with van der Waals surface area (Å²) in [6.07, 6.45) is 2.06. The second kappa shape index (κ2) is 11.0. The number of amides is 1. The van der Waals surface area contributed by atoms with Gasteiger partial charge in [-0.05, 0) is 61.7 Å². The summed E-state index contributed by atoms with van der Waals surface area (Å²) in [4.78, 5) is 18.2. The van der Waals surface area contributed by atoms with Crippen molar-refractivity contribution in [2.75, 3.05) is 31.1 Å². The number of benzene rings is 3. The van der Waals surface area contributed by atoms with Gasteiger partial charge in [0.2, 0.25) is 0 Å². The molecule has 1 atom stereocenters. The third-order valence-corrected chi connectivity index (χ3v) is 8.32. The molecule has 4 nitrogen and oxygen atoms in total. The molecule has 3 aromatic carbocycles. The Balaban J connectivity index is 0.00000289. The second-order valence-electron chi connectivity index (χ2n) is 9.33. The van der Waals surface area contributed by atoms with Gasteiger partial charge in [-0.1, -0.05) is 43.7 Å². The quantitative estimate of drug-likeness (QED) is 0.312. The lowest BCUT2D eigenvalue weighted by molar-refractivity contribution is 0.0824. The van der Waals surface area contributed by atoms with Gasteiger partial charge in [-0.2, -0.15) is 0 Å². The standard InChI is InChI=1S/C29H33N3OS.ClH/c1-4-8-28(32-17-15-31(16-18-32)25-11-7-9-20(2)21(25)3)30-29(33)22-13-14-27-24(19-22)23-10-5-6-12-26(23)34-27;/h5-7,9-14,19,28H,4,8,15-18H2,1-3H3,(H,30,33);1H. The maximum Gasteiger partial charge on any atom is 0.252 e. The lowest BCUT2D eigenvalue weighted by atomic mass is 10.1. The number of aryl methyl sites for hydroxylation is 1. The Morgan fingerprint density at radius 2 is 1.69 bits per heavy atom. The Kier molecular flexibility index (Phi) is 8.00. The van der Waals surface area contributed by atoms with Crippen LogP contribution in [0.3, 0.4) is 0 Å². The molecule has 1 unspecified atom stereocenters. The highest BCUT2D eigenvalue weighted by Crippen LogP contribution is 2.34. The van der Waals surface area contributed by atoms with E-state index in [4.69, 9.17) is 0 Å². The minimum absolute atomic E-state index is 0. The highest BCUT2D eigenvalue weighted by Gasteiger charge is 2.26. The van der Waals surface area contributed by atoms with Gasteiger partial charge >= 0.3 is 0 Å². The molecule has 6 heteroatoms. The number of carbonyl (C=O) groups excluding carboxylic acids is 1. The summed E-state index contributed by atoms with van der Waals surface area (Å²) in [6, 6.07) is 21.1. The number of carbonyl (C=O) groups is 1. The van der Waals surface area contributed by atoms with Crippen molar-refractivity contribution >= 4 is 55.5 Å². The van der Waals surface area contributed by atoms with E-state index in [1.54, 1.807) is 11.3 Å². The Hall–Kier alpha value is -2.60. The van der Waals surface area contributed by atoms with Crippen molar-refractivity contribution in [3.63, 3.8) is 0 Å². The monoisotopic (exact) mass is 507 g/mol. The molecule has 184 valence electrons. The van der Waals surface area contributed by atoms with E-state index in [-0.39, 0.29) is 24.5 Å². The van der Waals surface area contributed by atoms with E-state index in [0.29, 0.717) is 0 Å². The summed E-state index contributed by atoms with van der Waals surface area (Å²) in [5.41, 5.74) is 4.79. The molecule has 5 rings (SSSR count). The number of piperazine rings is 1. The van der Waals surface area contributed by atoms with Crippen LogP contribution >= 0.6 is 23.7 Å². The summed E-state index contributed by atoms with van der Waals surface area (Å²) in [5, 5.41) is 5.75. The lowest BCUT2D eigenvalue weighted by Crippen LogP contribution is -2.56. The molecule has 35 heavy (non-hydrogen) atoms. The summed E-state index contributed by atoms with van der Waals surface area (Å²) in [5.74, 6) is 0.0209. The predicted molar refractivity (Wildman–Crippen MR) is 152 cm³/mol. The maximum atomic E-state index is 13.3. The van der Waals surface area contributed by atoms with Gasteiger partial charge in [-0.3, -0.25) is 9.69 Å². The van der Waals surface area contributed by atoms with Crippen LogP contribution < -0.4 is 10.2 Å². The number of nitrogens with zero attached hydrogens (tertiary/aromatic N) is 2. The van der Waals surface area contributed by atoms with Gasteiger partial charge in [0.1, 0.15) is 0 Å². The van der Waals surface area contributed by atoms with Crippen LogP contribution in [-0.2, 0) is 0 Å². The zero-order chi connectivity index (χ0) is 23.7. The molecule has 1 saturated heterocycles. The molecular formula is C29H34ClN3OS. The fraction of sp³-hybridized carbons (Fsp3) is 0.345. The van der Waals surface area contributed by atoms with Crippen molar-refractivity contribution in [1.82, 2.24) is 10.2 Å². The summed E-state index contributed by atoms with van der Waals surface area (Å²) in [6.45, 7) is 10.4. The number of rotatable bonds is 6. The van der Waals surface area contributed by atoms with Gasteiger partial charge in [0, 0.05) is 57.6 Å².